The molecule has 0 aromatic heterocycles. The van der Waals surface area contributed by atoms with Gasteiger partial charge in [0.2, 0.25) is 0 Å². The summed E-state index contributed by atoms with van der Waals surface area (Å²) in [5.74, 6) is 0. The lowest BCUT2D eigenvalue weighted by molar-refractivity contribution is 1.28. The predicted molar refractivity (Wildman–Crippen MR) is 267 cm³/mol. The van der Waals surface area contributed by atoms with Gasteiger partial charge in [-0.05, 0) is 143 Å². The maximum atomic E-state index is 2.34. The smallest absolute Gasteiger partial charge is 0.0462 e. The van der Waals surface area contributed by atoms with Crippen LogP contribution < -0.4 is 9.80 Å². The summed E-state index contributed by atoms with van der Waals surface area (Å²) < 4.78 is 0. The Morgan fingerprint density at radius 1 is 0.290 bits per heavy atom. The Morgan fingerprint density at radius 3 is 1.03 bits per heavy atom. The van der Waals surface area contributed by atoms with E-state index in [9.17, 15) is 0 Å². The number of anilines is 6. The summed E-state index contributed by atoms with van der Waals surface area (Å²) in [5.41, 5.74) is 18.6. The van der Waals surface area contributed by atoms with Gasteiger partial charge in [-0.25, -0.2) is 0 Å². The van der Waals surface area contributed by atoms with Crippen molar-refractivity contribution in [2.24, 2.45) is 0 Å². The Balaban J connectivity index is 1.02. The molecule has 298 valence electrons. The number of rotatable bonds is 12. The minimum atomic E-state index is 1.11. The van der Waals surface area contributed by atoms with Crippen molar-refractivity contribution in [2.45, 2.75) is 13.8 Å². The van der Waals surface area contributed by atoms with E-state index in [4.69, 9.17) is 0 Å². The van der Waals surface area contributed by atoms with Crippen LogP contribution in [0, 0.1) is 13.8 Å². The van der Waals surface area contributed by atoms with E-state index in [0.29, 0.717) is 0 Å². The summed E-state index contributed by atoms with van der Waals surface area (Å²) in [7, 11) is 0. The van der Waals surface area contributed by atoms with Crippen LogP contribution in [0.3, 0.4) is 0 Å². The van der Waals surface area contributed by atoms with Gasteiger partial charge in [0.05, 0.1) is 0 Å². The van der Waals surface area contributed by atoms with Gasteiger partial charge in [-0.2, -0.15) is 0 Å². The molecule has 0 bridgehead atoms. The second-order valence-electron chi connectivity index (χ2n) is 15.6. The molecule has 0 aliphatic heterocycles. The van der Waals surface area contributed by atoms with Crippen LogP contribution >= 0.6 is 0 Å². The van der Waals surface area contributed by atoms with Crippen molar-refractivity contribution in [1.82, 2.24) is 0 Å². The van der Waals surface area contributed by atoms with E-state index < -0.39 is 0 Å². The van der Waals surface area contributed by atoms with Crippen LogP contribution in [0.25, 0.3) is 46.6 Å². The third-order valence-corrected chi connectivity index (χ3v) is 11.3. The van der Waals surface area contributed by atoms with Crippen molar-refractivity contribution < 1.29 is 0 Å². The van der Waals surface area contributed by atoms with Crippen LogP contribution in [0.2, 0.25) is 0 Å². The van der Waals surface area contributed by atoms with Crippen molar-refractivity contribution >= 4 is 58.4 Å². The van der Waals surface area contributed by atoms with Crippen molar-refractivity contribution in [3.63, 3.8) is 0 Å². The zero-order chi connectivity index (χ0) is 42.1. The molecule has 0 fully saturated rings. The highest BCUT2D eigenvalue weighted by atomic mass is 15.1. The van der Waals surface area contributed by atoms with E-state index in [0.717, 1.165) is 45.3 Å². The highest BCUT2D eigenvalue weighted by molar-refractivity contribution is 5.86. The van der Waals surface area contributed by atoms with Crippen LogP contribution in [0.4, 0.5) is 34.1 Å². The van der Waals surface area contributed by atoms with Gasteiger partial charge in [0, 0.05) is 34.1 Å². The fourth-order valence-electron chi connectivity index (χ4n) is 7.95. The van der Waals surface area contributed by atoms with Gasteiger partial charge in [0.1, 0.15) is 0 Å². The Bertz CT molecular complexity index is 2820. The van der Waals surface area contributed by atoms with E-state index in [2.05, 4.69) is 278 Å². The molecule has 2 heteroatoms. The van der Waals surface area contributed by atoms with Crippen LogP contribution in [-0.2, 0) is 0 Å². The first-order chi connectivity index (χ1) is 30.6. The van der Waals surface area contributed by atoms with Crippen molar-refractivity contribution in [2.75, 3.05) is 9.80 Å². The second kappa shape index (κ2) is 18.5. The molecule has 0 saturated heterocycles. The molecular weight excluding hydrogens is 749 g/mol. The Morgan fingerprint density at radius 2 is 0.629 bits per heavy atom. The molecule has 0 amide bonds. The lowest BCUT2D eigenvalue weighted by Gasteiger charge is -2.25. The molecule has 9 aromatic carbocycles. The number of hydrogen-bond donors (Lipinski definition) is 0. The molecule has 0 saturated carbocycles. The van der Waals surface area contributed by atoms with Gasteiger partial charge in [-0.15, -0.1) is 0 Å². The van der Waals surface area contributed by atoms with Gasteiger partial charge in [0.15, 0.2) is 0 Å². The van der Waals surface area contributed by atoms with Gasteiger partial charge >= 0.3 is 0 Å². The van der Waals surface area contributed by atoms with E-state index >= 15 is 0 Å². The lowest BCUT2D eigenvalue weighted by atomic mass is 9.92. The molecule has 0 aliphatic rings. The maximum Gasteiger partial charge on any atom is 0.0462 e. The monoisotopic (exact) mass is 796 g/mol. The molecule has 0 aliphatic carbocycles. The van der Waals surface area contributed by atoms with Crippen LogP contribution in [0.1, 0.15) is 33.4 Å². The molecule has 0 spiro atoms. The SMILES string of the molecule is Cc1ccc(-c2ccc(-c3cc(C=Cc4ccc(N(c5ccccc5)c5ccccc5)cc4)c(C)cc3/C=C/c3ccc(N(c4ccccc4)c4ccccc4)cc3)cc2)cc1. The molecule has 9 rings (SSSR count). The van der Waals surface area contributed by atoms with Crippen LogP contribution in [0.15, 0.2) is 231 Å². The minimum Gasteiger partial charge on any atom is -0.311 e. The number of hydrogen-bond acceptors (Lipinski definition) is 2. The van der Waals surface area contributed by atoms with Crippen LogP contribution in [0.5, 0.6) is 0 Å². The first kappa shape index (κ1) is 39.5. The van der Waals surface area contributed by atoms with Crippen molar-refractivity contribution in [3.05, 3.63) is 264 Å². The molecule has 0 heterocycles. The lowest BCUT2D eigenvalue weighted by Crippen LogP contribution is -2.09. The highest BCUT2D eigenvalue weighted by Crippen LogP contribution is 2.37. The average Bonchev–Trinajstić information content (AvgIpc) is 3.33. The molecular formula is C60H48N2. The number of nitrogens with zero attached hydrogens (tertiary/aromatic N) is 2. The summed E-state index contributed by atoms with van der Waals surface area (Å²) >= 11 is 0. The van der Waals surface area contributed by atoms with E-state index in [1.165, 1.54) is 44.5 Å². The van der Waals surface area contributed by atoms with E-state index in [1.807, 2.05) is 0 Å². The summed E-state index contributed by atoms with van der Waals surface area (Å²) in [5, 5.41) is 0. The van der Waals surface area contributed by atoms with Crippen molar-refractivity contribution in [1.29, 1.82) is 0 Å². The largest absolute Gasteiger partial charge is 0.311 e. The average molecular weight is 797 g/mol. The van der Waals surface area contributed by atoms with E-state index in [1.54, 1.807) is 0 Å². The topological polar surface area (TPSA) is 6.48 Å². The second-order valence-corrected chi connectivity index (χ2v) is 15.6. The van der Waals surface area contributed by atoms with Crippen LogP contribution in [-0.4, -0.2) is 0 Å². The Labute approximate surface area is 366 Å². The Kier molecular flexibility index (Phi) is 11.8. The van der Waals surface area contributed by atoms with Gasteiger partial charge in [-0.3, -0.25) is 0 Å². The quantitative estimate of drug-likeness (QED) is 0.114. The molecule has 62 heavy (non-hydrogen) atoms. The first-order valence-electron chi connectivity index (χ1n) is 21.2. The summed E-state index contributed by atoms with van der Waals surface area (Å²) in [6.45, 7) is 4.34. The zero-order valence-electron chi connectivity index (χ0n) is 35.1. The molecule has 2 nitrogen and oxygen atoms in total. The van der Waals surface area contributed by atoms with Gasteiger partial charge in [-0.1, -0.05) is 182 Å². The normalized spacial score (nSPS) is 11.3. The first-order valence-corrected chi connectivity index (χ1v) is 21.2. The number of aryl methyl sites for hydroxylation is 2. The summed E-state index contributed by atoms with van der Waals surface area (Å²) in [4.78, 5) is 4.58. The zero-order valence-corrected chi connectivity index (χ0v) is 35.1. The maximum absolute atomic E-state index is 2.34. The fourth-order valence-corrected chi connectivity index (χ4v) is 7.95. The Hall–Kier alpha value is -7.94. The summed E-state index contributed by atoms with van der Waals surface area (Å²) in [6.07, 6.45) is 8.95. The highest BCUT2D eigenvalue weighted by Gasteiger charge is 2.14. The number of para-hydroxylation sites is 4. The molecule has 0 atom stereocenters. The standard InChI is InChI=1S/C60H48N2/c1-45-23-31-49(32-24-45)50-35-37-51(38-36-50)60-44-52(33-25-47-27-39-58(40-28-47)61(54-15-7-3-8-16-54)55-17-9-4-10-18-55)46(2)43-53(60)34-26-48-29-41-59(42-30-48)62(56-19-11-5-12-20-56)57-21-13-6-14-22-57/h3-44H,1-2H3/b33-25?,34-26+. The predicted octanol–water partition coefficient (Wildman–Crippen LogP) is 16.9. The number of benzene rings is 9. The molecule has 9 aromatic rings. The van der Waals surface area contributed by atoms with E-state index in [-0.39, 0.29) is 0 Å². The summed E-state index contributed by atoms with van der Waals surface area (Å²) in [6, 6.07) is 82.2. The third kappa shape index (κ3) is 9.11. The van der Waals surface area contributed by atoms with Crippen molar-refractivity contribution in [3.8, 4) is 22.3 Å². The third-order valence-electron chi connectivity index (χ3n) is 11.3. The molecule has 0 N–H and O–H groups in total. The molecule has 0 unspecified atom stereocenters. The fraction of sp³-hybridized carbons (Fsp3) is 0.0333. The molecule has 0 radical (unpaired) electrons. The van der Waals surface area contributed by atoms with Gasteiger partial charge < -0.3 is 9.80 Å². The van der Waals surface area contributed by atoms with Gasteiger partial charge in [0.25, 0.3) is 0 Å². The minimum absolute atomic E-state index is 1.11.